The molecular weight excluding hydrogens is 1400 g/mol. The Hall–Kier alpha value is -8.46. The van der Waals surface area contributed by atoms with E-state index >= 15 is 0 Å². The number of hydrogen-bond donors (Lipinski definition) is 0. The van der Waals surface area contributed by atoms with Gasteiger partial charge in [0.15, 0.2) is 0 Å². The Balaban J connectivity index is 1.43. The molecule has 0 fully saturated rings. The van der Waals surface area contributed by atoms with Gasteiger partial charge in [0.25, 0.3) is 0 Å². The first kappa shape index (κ1) is 88.4. The van der Waals surface area contributed by atoms with Crippen LogP contribution in [0.5, 0.6) is 0 Å². The quantitative estimate of drug-likeness (QED) is 0.0995. The summed E-state index contributed by atoms with van der Waals surface area (Å²) in [6.07, 6.45) is 0. The van der Waals surface area contributed by atoms with Crippen LogP contribution in [0.25, 0.3) is 66.1 Å². The third kappa shape index (κ3) is 19.0. The summed E-state index contributed by atoms with van der Waals surface area (Å²) >= 11 is 0. The van der Waals surface area contributed by atoms with E-state index < -0.39 is 0 Å². The minimum atomic E-state index is -0.237. The molecule has 11 rings (SSSR count). The zero-order valence-electron chi connectivity index (χ0n) is 79.8. The van der Waals surface area contributed by atoms with E-state index in [2.05, 4.69) is 468 Å². The van der Waals surface area contributed by atoms with Gasteiger partial charge in [-0.15, -0.1) is 0 Å². The summed E-state index contributed by atoms with van der Waals surface area (Å²) in [5.41, 5.74) is 31.4. The molecule has 0 unspecified atom stereocenters. The van der Waals surface area contributed by atoms with Crippen molar-refractivity contribution < 1.29 is 0 Å². The Labute approximate surface area is 706 Å². The van der Waals surface area contributed by atoms with Gasteiger partial charge in [-0.1, -0.05) is 391 Å². The van der Waals surface area contributed by atoms with Crippen LogP contribution in [-0.2, 0) is 70.4 Å². The van der Waals surface area contributed by atoms with Gasteiger partial charge in [-0.3, -0.25) is 0 Å². The van der Waals surface area contributed by atoms with Crippen LogP contribution in [0.2, 0.25) is 0 Å². The van der Waals surface area contributed by atoms with E-state index in [0.717, 1.165) is 50.3 Å². The lowest BCUT2D eigenvalue weighted by Gasteiger charge is -2.36. The normalized spacial score (nSPS) is 13.6. The molecule has 0 aliphatic carbocycles. The second kappa shape index (κ2) is 29.8. The van der Waals surface area contributed by atoms with Crippen molar-refractivity contribution in [2.75, 3.05) is 9.80 Å². The van der Waals surface area contributed by atoms with Crippen LogP contribution in [0.3, 0.4) is 0 Å². The van der Waals surface area contributed by atoms with Crippen LogP contribution in [0.15, 0.2) is 188 Å². The third-order valence-electron chi connectivity index (χ3n) is 24.4. The molecule has 0 heterocycles. The van der Waals surface area contributed by atoms with E-state index in [0.29, 0.717) is 0 Å². The van der Waals surface area contributed by atoms with E-state index in [9.17, 15) is 0 Å². The second-order valence-corrected chi connectivity index (χ2v) is 48.2. The Morgan fingerprint density at radius 3 is 0.647 bits per heavy atom. The predicted molar refractivity (Wildman–Crippen MR) is 516 cm³/mol. The smallest absolute Gasteiger partial charge is 0.0620 e. The van der Waals surface area contributed by atoms with Gasteiger partial charge in [-0.2, -0.15) is 0 Å². The van der Waals surface area contributed by atoms with Gasteiger partial charge < -0.3 is 9.80 Å². The van der Waals surface area contributed by atoms with E-state index in [1.165, 1.54) is 122 Å². The van der Waals surface area contributed by atoms with Crippen molar-refractivity contribution in [2.45, 2.75) is 340 Å². The fraction of sp³-hybridized carbons (Fsp3) is 0.456. The molecule has 0 saturated heterocycles. The van der Waals surface area contributed by atoms with Crippen LogP contribution in [0, 0.1) is 0 Å². The highest BCUT2D eigenvalue weighted by Crippen LogP contribution is 2.56. The Morgan fingerprint density at radius 2 is 0.371 bits per heavy atom. The summed E-state index contributed by atoms with van der Waals surface area (Å²) in [7, 11) is 0. The van der Waals surface area contributed by atoms with Crippen molar-refractivity contribution in [3.63, 3.8) is 0 Å². The van der Waals surface area contributed by atoms with Crippen molar-refractivity contribution in [2.24, 2.45) is 0 Å². The van der Waals surface area contributed by atoms with Gasteiger partial charge >= 0.3 is 0 Å². The van der Waals surface area contributed by atoms with Crippen LogP contribution >= 0.6 is 0 Å². The Bertz CT molecular complexity index is 5280. The van der Waals surface area contributed by atoms with Crippen molar-refractivity contribution in [1.29, 1.82) is 0 Å². The van der Waals surface area contributed by atoms with E-state index in [-0.39, 0.29) is 70.4 Å². The maximum Gasteiger partial charge on any atom is 0.0620 e. The number of anilines is 6. The van der Waals surface area contributed by atoms with Crippen LogP contribution in [-0.4, -0.2) is 0 Å². The first-order chi connectivity index (χ1) is 52.6. The number of benzene rings is 11. The highest BCUT2D eigenvalue weighted by Gasteiger charge is 2.35. The molecule has 0 aliphatic heterocycles. The van der Waals surface area contributed by atoms with Crippen molar-refractivity contribution >= 4 is 55.7 Å². The van der Waals surface area contributed by atoms with Crippen molar-refractivity contribution in [3.05, 3.63) is 260 Å². The third-order valence-corrected chi connectivity index (χ3v) is 24.4. The zero-order chi connectivity index (χ0) is 86.5. The minimum absolute atomic E-state index is 0.0601. The molecule has 0 radical (unpaired) electrons. The van der Waals surface area contributed by atoms with Gasteiger partial charge in [0.2, 0.25) is 0 Å². The van der Waals surface area contributed by atoms with Crippen LogP contribution in [0.1, 0.15) is 342 Å². The highest BCUT2D eigenvalue weighted by atomic mass is 15.2. The fourth-order valence-electron chi connectivity index (χ4n) is 16.1. The molecule has 0 aliphatic rings. The molecule has 116 heavy (non-hydrogen) atoms. The van der Waals surface area contributed by atoms with Gasteiger partial charge in [0, 0.05) is 44.3 Å². The number of fused-ring (bicyclic) bond motifs is 2. The highest BCUT2D eigenvalue weighted by molar-refractivity contribution is 6.24. The molecule has 0 atom stereocenters. The molecule has 0 aromatic heterocycles. The summed E-state index contributed by atoms with van der Waals surface area (Å²) in [5.74, 6) is 0. The summed E-state index contributed by atoms with van der Waals surface area (Å²) in [6.45, 7) is 92.9. The average Bonchev–Trinajstić information content (AvgIpc) is 0.711. The molecule has 0 saturated carbocycles. The summed E-state index contributed by atoms with van der Waals surface area (Å²) in [6, 6.07) is 77.4. The van der Waals surface area contributed by atoms with Crippen molar-refractivity contribution in [3.8, 4) is 44.5 Å². The molecule has 2 heteroatoms. The zero-order valence-corrected chi connectivity index (χ0v) is 79.8. The molecule has 0 N–H and O–H groups in total. The summed E-state index contributed by atoms with van der Waals surface area (Å²) in [4.78, 5) is 5.46. The van der Waals surface area contributed by atoms with E-state index in [1.54, 1.807) is 0 Å². The Kier molecular flexibility index (Phi) is 22.7. The fourth-order valence-corrected chi connectivity index (χ4v) is 16.1. The summed E-state index contributed by atoms with van der Waals surface area (Å²) < 4.78 is 0. The van der Waals surface area contributed by atoms with Gasteiger partial charge in [-0.05, 0) is 254 Å². The molecule has 614 valence electrons. The van der Waals surface area contributed by atoms with Crippen LogP contribution in [0.4, 0.5) is 34.1 Å². The second-order valence-electron chi connectivity index (χ2n) is 48.2. The first-order valence-corrected chi connectivity index (χ1v) is 43.5. The van der Waals surface area contributed by atoms with Crippen LogP contribution < -0.4 is 9.80 Å². The average molecular weight is 1550 g/mol. The molecule has 11 aromatic rings. The topological polar surface area (TPSA) is 6.48 Å². The number of hydrogen-bond acceptors (Lipinski definition) is 2. The lowest BCUT2D eigenvalue weighted by molar-refractivity contribution is 0.568. The number of nitrogens with zero attached hydrogens (tertiary/aromatic N) is 2. The summed E-state index contributed by atoms with van der Waals surface area (Å²) in [5, 5.41) is 4.65. The van der Waals surface area contributed by atoms with Crippen molar-refractivity contribution in [1.82, 2.24) is 0 Å². The minimum Gasteiger partial charge on any atom is -0.309 e. The Morgan fingerprint density at radius 1 is 0.155 bits per heavy atom. The molecule has 0 bridgehead atoms. The SMILES string of the molecule is CC(C)(C)c1cc(-c2cc(-c3cc(C(C)(C)C)cc(C(C)(C)C)c3)cc(N(c3cc(C(C)(C)C)cc(C(C)(C)C)c3)c3c4ccccc4c(N(c4cc(-c5cc(C(C)(C)C)cc(C(C)(C)C)c5)cc(-c5ccc(C(C)(C)C)cc5C(C)(C)C)c4)c4cc(C(C)(C)C)cc(C(C)(C)C)c4)c4cc(C(C)(C)C)ccc34)c2)cc(C(C)(C)C)c1. The lowest BCUT2D eigenvalue weighted by atomic mass is 9.76. The first-order valence-electron chi connectivity index (χ1n) is 43.5. The standard InChI is InChI=1S/C114H148N2/c1-102(2,3)78-45-47-97-98(69-78)101(116(93-67-88(112(31,32)33)64-89(68-93)113(34,35)36)91-58-73(76-54-84(108(19,20)21)62-85(55-76)109(22,23)24)49-77(59-91)94-46-44-79(103(4,5)6)70-99(94)114(37,38)39)96-43-41-40-42-95(96)100(97)115(92-65-86(110(25,26)27)63-87(66-92)111(28,29)30)90-56-71(74-50-80(104(7,8)9)60-81(51-74)105(10,11)12)48-72(57-90)75-52-82(106(13,14)15)61-83(53-75)107(16,17)18/h40-70H,1-39H3. The van der Waals surface area contributed by atoms with E-state index in [1.807, 2.05) is 0 Å². The monoisotopic (exact) mass is 1550 g/mol. The molecule has 0 amide bonds. The molecular formula is C114H148N2. The number of rotatable bonds is 10. The van der Waals surface area contributed by atoms with Gasteiger partial charge in [0.1, 0.15) is 0 Å². The van der Waals surface area contributed by atoms with E-state index in [4.69, 9.17) is 0 Å². The van der Waals surface area contributed by atoms with Gasteiger partial charge in [-0.25, -0.2) is 0 Å². The largest absolute Gasteiger partial charge is 0.309 e. The maximum atomic E-state index is 2.74. The van der Waals surface area contributed by atoms with Gasteiger partial charge in [0.05, 0.1) is 11.4 Å². The maximum absolute atomic E-state index is 2.74. The molecule has 2 nitrogen and oxygen atoms in total. The molecule has 11 aromatic carbocycles. The molecule has 0 spiro atoms. The lowest BCUT2D eigenvalue weighted by Crippen LogP contribution is -2.21. The predicted octanol–water partition coefficient (Wildman–Crippen LogP) is 34.5.